The highest BCUT2D eigenvalue weighted by Crippen LogP contribution is 2.33. The van der Waals surface area contributed by atoms with Crippen molar-refractivity contribution in [2.24, 2.45) is 0 Å². The maximum absolute atomic E-state index is 11.5. The third-order valence-electron chi connectivity index (χ3n) is 2.73. The zero-order chi connectivity index (χ0) is 11.9. The monoisotopic (exact) mass is 222 g/mol. The number of rotatable bonds is 1. The third-order valence-corrected chi connectivity index (χ3v) is 2.73. The lowest BCUT2D eigenvalue weighted by Gasteiger charge is -2.32. The van der Waals surface area contributed by atoms with Crippen LogP contribution in [-0.4, -0.2) is 28.4 Å². The molecule has 1 unspecified atom stereocenters. The van der Waals surface area contributed by atoms with E-state index in [0.717, 1.165) is 6.92 Å². The summed E-state index contributed by atoms with van der Waals surface area (Å²) in [6, 6.07) is 0. The summed E-state index contributed by atoms with van der Waals surface area (Å²) in [7, 11) is 0. The highest BCUT2D eigenvalue weighted by Gasteiger charge is 2.45. The van der Waals surface area contributed by atoms with Crippen molar-refractivity contribution in [1.29, 1.82) is 0 Å². The first-order valence-electron chi connectivity index (χ1n) is 4.84. The molecule has 5 nitrogen and oxygen atoms in total. The number of carbonyl (C=O) groups excluding carboxylic acids is 3. The smallest absolute Gasteiger partial charge is 0.337 e. The Kier molecular flexibility index (Phi) is 2.27. The zero-order valence-electron chi connectivity index (χ0n) is 8.65. The molecule has 0 aromatic carbocycles. The lowest BCUT2D eigenvalue weighted by molar-refractivity contribution is -0.208. The summed E-state index contributed by atoms with van der Waals surface area (Å²) in [4.78, 5) is 34.2. The highest BCUT2D eigenvalue weighted by molar-refractivity contribution is 6.12. The molecule has 2 rings (SSSR count). The number of aliphatic hydroxyl groups is 1. The van der Waals surface area contributed by atoms with Gasteiger partial charge in [-0.15, -0.1) is 0 Å². The normalized spacial score (nSPS) is 28.9. The lowest BCUT2D eigenvalue weighted by atomic mass is 9.87. The Morgan fingerprint density at radius 3 is 2.75 bits per heavy atom. The molecule has 2 aliphatic rings. The predicted molar refractivity (Wildman–Crippen MR) is 52.1 cm³/mol. The average molecular weight is 222 g/mol. The van der Waals surface area contributed by atoms with Crippen LogP contribution in [0.4, 0.5) is 0 Å². The van der Waals surface area contributed by atoms with Crippen molar-refractivity contribution in [3.05, 3.63) is 23.3 Å². The van der Waals surface area contributed by atoms with Crippen molar-refractivity contribution in [3.8, 4) is 0 Å². The lowest BCUT2D eigenvalue weighted by Crippen LogP contribution is -2.46. The summed E-state index contributed by atoms with van der Waals surface area (Å²) >= 11 is 0. The molecule has 1 N–H and O–H groups in total. The molecule has 1 heterocycles. The first-order chi connectivity index (χ1) is 7.44. The largest absolute Gasteiger partial charge is 0.422 e. The molecule has 1 atom stereocenters. The van der Waals surface area contributed by atoms with Crippen LogP contribution in [0.3, 0.4) is 0 Å². The maximum Gasteiger partial charge on any atom is 0.337 e. The van der Waals surface area contributed by atoms with Crippen molar-refractivity contribution >= 4 is 17.5 Å². The molecule has 0 amide bonds. The minimum atomic E-state index is -2.18. The fourth-order valence-corrected chi connectivity index (χ4v) is 1.74. The zero-order valence-corrected chi connectivity index (χ0v) is 8.65. The van der Waals surface area contributed by atoms with Gasteiger partial charge in [-0.2, -0.15) is 0 Å². The van der Waals surface area contributed by atoms with Crippen molar-refractivity contribution in [2.75, 3.05) is 0 Å². The number of hydrogen-bond acceptors (Lipinski definition) is 5. The molecule has 16 heavy (non-hydrogen) atoms. The fraction of sp³-hybridized carbons (Fsp3) is 0.364. The van der Waals surface area contributed by atoms with Crippen LogP contribution >= 0.6 is 0 Å². The Morgan fingerprint density at radius 1 is 1.44 bits per heavy atom. The number of carbonyl (C=O) groups is 3. The van der Waals surface area contributed by atoms with Gasteiger partial charge in [-0.25, -0.2) is 4.79 Å². The molecule has 0 bridgehead atoms. The Labute approximate surface area is 91.4 Å². The van der Waals surface area contributed by atoms with E-state index < -0.39 is 17.5 Å². The van der Waals surface area contributed by atoms with Crippen molar-refractivity contribution in [2.45, 2.75) is 25.6 Å². The van der Waals surface area contributed by atoms with Gasteiger partial charge in [0.15, 0.2) is 5.78 Å². The molecule has 0 spiro atoms. The number of ketones is 2. The molecule has 0 aromatic heterocycles. The minimum Gasteiger partial charge on any atom is -0.422 e. The first-order valence-corrected chi connectivity index (χ1v) is 4.84. The summed E-state index contributed by atoms with van der Waals surface area (Å²) in [5.74, 6) is -4.01. The predicted octanol–water partition coefficient (Wildman–Crippen LogP) is 0.0365. The van der Waals surface area contributed by atoms with Crippen LogP contribution in [0, 0.1) is 0 Å². The van der Waals surface area contributed by atoms with Crippen LogP contribution in [0.2, 0.25) is 0 Å². The van der Waals surface area contributed by atoms with Crippen molar-refractivity contribution < 1.29 is 24.2 Å². The highest BCUT2D eigenvalue weighted by atomic mass is 16.7. The van der Waals surface area contributed by atoms with E-state index >= 15 is 0 Å². The van der Waals surface area contributed by atoms with Crippen LogP contribution in [0.5, 0.6) is 0 Å². The molecular formula is C11H10O5. The average Bonchev–Trinajstić information content (AvgIpc) is 2.19. The van der Waals surface area contributed by atoms with E-state index in [1.54, 1.807) is 6.08 Å². The second-order valence-electron chi connectivity index (χ2n) is 3.83. The second-order valence-corrected chi connectivity index (χ2v) is 3.83. The third kappa shape index (κ3) is 1.49. The number of ether oxygens (including phenoxy) is 1. The fourth-order valence-electron chi connectivity index (χ4n) is 1.74. The molecule has 84 valence electrons. The summed E-state index contributed by atoms with van der Waals surface area (Å²) in [5, 5.41) is 9.77. The minimum absolute atomic E-state index is 0.177. The van der Waals surface area contributed by atoms with Gasteiger partial charge in [0.05, 0.1) is 6.42 Å². The topological polar surface area (TPSA) is 80.7 Å². The van der Waals surface area contributed by atoms with E-state index in [4.69, 9.17) is 0 Å². The van der Waals surface area contributed by atoms with Gasteiger partial charge in [0, 0.05) is 18.1 Å². The molecule has 1 aliphatic heterocycles. The standard InChI is InChI=1S/C11H10O5/c1-6(12)11(15)5-8-7(10(14)16-11)3-2-4-9(8)13/h2,4,15H,3,5H2,1H3. The van der Waals surface area contributed by atoms with E-state index in [2.05, 4.69) is 4.74 Å². The van der Waals surface area contributed by atoms with Crippen molar-refractivity contribution in [1.82, 2.24) is 0 Å². The quantitative estimate of drug-likeness (QED) is 0.633. The molecular weight excluding hydrogens is 212 g/mol. The van der Waals surface area contributed by atoms with Crippen molar-refractivity contribution in [3.63, 3.8) is 0 Å². The van der Waals surface area contributed by atoms with Crippen LogP contribution in [0.15, 0.2) is 23.3 Å². The van der Waals surface area contributed by atoms with E-state index in [9.17, 15) is 19.5 Å². The van der Waals surface area contributed by atoms with Gasteiger partial charge in [-0.05, 0) is 12.5 Å². The van der Waals surface area contributed by atoms with E-state index in [0.29, 0.717) is 6.42 Å². The van der Waals surface area contributed by atoms with Crippen LogP contribution in [0.25, 0.3) is 0 Å². The number of esters is 1. The van der Waals surface area contributed by atoms with Gasteiger partial charge in [0.2, 0.25) is 5.78 Å². The van der Waals surface area contributed by atoms with Gasteiger partial charge >= 0.3 is 5.97 Å². The van der Waals surface area contributed by atoms with E-state index in [-0.39, 0.29) is 23.4 Å². The molecule has 0 aromatic rings. The van der Waals surface area contributed by atoms with Gasteiger partial charge in [-0.3, -0.25) is 9.59 Å². The summed E-state index contributed by atoms with van der Waals surface area (Å²) in [5.41, 5.74) is 0.412. The van der Waals surface area contributed by atoms with Gasteiger partial charge < -0.3 is 9.84 Å². The Hall–Kier alpha value is -1.75. The summed E-state index contributed by atoms with van der Waals surface area (Å²) in [6.45, 7) is 1.11. The SMILES string of the molecule is CC(=O)C1(O)CC2=C(CC=CC2=O)C(=O)O1. The molecule has 0 radical (unpaired) electrons. The Bertz CT molecular complexity index is 457. The number of cyclic esters (lactones) is 1. The molecule has 0 fully saturated rings. The van der Waals surface area contributed by atoms with E-state index in [1.807, 2.05) is 0 Å². The van der Waals surface area contributed by atoms with Gasteiger partial charge in [0.1, 0.15) is 0 Å². The molecule has 5 heteroatoms. The Morgan fingerprint density at radius 2 is 2.12 bits per heavy atom. The maximum atomic E-state index is 11.5. The molecule has 0 saturated heterocycles. The molecule has 1 aliphatic carbocycles. The molecule has 0 saturated carbocycles. The number of allylic oxidation sites excluding steroid dienone is 2. The summed E-state index contributed by atoms with van der Waals surface area (Å²) in [6.07, 6.45) is 2.93. The van der Waals surface area contributed by atoms with Crippen LogP contribution < -0.4 is 0 Å². The van der Waals surface area contributed by atoms with Gasteiger partial charge in [0.25, 0.3) is 5.79 Å². The summed E-state index contributed by atoms with van der Waals surface area (Å²) < 4.78 is 4.68. The van der Waals surface area contributed by atoms with Crippen LogP contribution in [0.1, 0.15) is 19.8 Å². The van der Waals surface area contributed by atoms with E-state index in [1.165, 1.54) is 6.08 Å². The number of Topliss-reactive ketones (excluding diaryl/α,β-unsaturated/α-hetero) is 1. The van der Waals surface area contributed by atoms with Gasteiger partial charge in [-0.1, -0.05) is 6.08 Å². The Balaban J connectivity index is 2.43. The first kappa shape index (κ1) is 10.8. The van der Waals surface area contributed by atoms with Crippen LogP contribution in [-0.2, 0) is 19.1 Å². The second kappa shape index (κ2) is 3.38. The number of hydrogen-bond donors (Lipinski definition) is 1.